The van der Waals surface area contributed by atoms with Crippen LogP contribution in [0, 0.1) is 11.3 Å². The van der Waals surface area contributed by atoms with E-state index < -0.39 is 0 Å². The quantitative estimate of drug-likeness (QED) is 0.729. The zero-order chi connectivity index (χ0) is 21.6. The van der Waals surface area contributed by atoms with Crippen LogP contribution in [0.4, 0.5) is 0 Å². The number of piperidine rings is 1. The van der Waals surface area contributed by atoms with Crippen LogP contribution in [0.1, 0.15) is 57.5 Å². The lowest BCUT2D eigenvalue weighted by Crippen LogP contribution is -2.54. The van der Waals surface area contributed by atoms with Crippen LogP contribution >= 0.6 is 0 Å². The van der Waals surface area contributed by atoms with Crippen LogP contribution in [-0.2, 0) is 18.3 Å². The van der Waals surface area contributed by atoms with E-state index in [4.69, 9.17) is 14.2 Å². The van der Waals surface area contributed by atoms with E-state index >= 15 is 0 Å². The van der Waals surface area contributed by atoms with Crippen LogP contribution in [0.25, 0.3) is 0 Å². The standard InChI is InChI=1S/C25H35N3O3/c1-5-29-20-8-6-7-18-22-19(24(2,3)31-23(18)20)15-25(17-30-22)9-12-28(13-10-25)16-21-26-11-14-27(21)4/h6-8,11,14,19,22H,5,9-10,12-13,15-17H2,1-4H3/t19-,22+/m0/s1. The molecule has 0 saturated carbocycles. The van der Waals surface area contributed by atoms with Gasteiger partial charge >= 0.3 is 0 Å². The average molecular weight is 426 g/mol. The van der Waals surface area contributed by atoms with E-state index in [1.165, 1.54) is 12.8 Å². The molecule has 6 nitrogen and oxygen atoms in total. The van der Waals surface area contributed by atoms with E-state index in [-0.39, 0.29) is 17.1 Å². The molecule has 0 amide bonds. The molecule has 168 valence electrons. The van der Waals surface area contributed by atoms with Crippen molar-refractivity contribution < 1.29 is 14.2 Å². The van der Waals surface area contributed by atoms with Crippen LogP contribution in [0.3, 0.4) is 0 Å². The minimum absolute atomic E-state index is 0.0791. The number of rotatable bonds is 4. The molecular formula is C25H35N3O3. The fraction of sp³-hybridized carbons (Fsp3) is 0.640. The Balaban J connectivity index is 1.32. The molecule has 4 heterocycles. The Morgan fingerprint density at radius 2 is 2.03 bits per heavy atom. The van der Waals surface area contributed by atoms with Gasteiger partial charge in [0.1, 0.15) is 11.4 Å². The number of fused-ring (bicyclic) bond motifs is 3. The fourth-order valence-corrected chi connectivity index (χ4v) is 5.69. The van der Waals surface area contributed by atoms with Crippen molar-refractivity contribution in [1.29, 1.82) is 0 Å². The molecule has 0 unspecified atom stereocenters. The number of imidazole rings is 1. The van der Waals surface area contributed by atoms with Crippen LogP contribution in [0.5, 0.6) is 11.5 Å². The van der Waals surface area contributed by atoms with E-state index in [2.05, 4.69) is 47.5 Å². The number of hydrogen-bond acceptors (Lipinski definition) is 5. The second-order valence-electron chi connectivity index (χ2n) is 10.1. The normalized spacial score (nSPS) is 26.7. The Kier molecular flexibility index (Phi) is 5.25. The Morgan fingerprint density at radius 3 is 2.74 bits per heavy atom. The predicted octanol–water partition coefficient (Wildman–Crippen LogP) is 4.35. The van der Waals surface area contributed by atoms with E-state index in [0.29, 0.717) is 12.5 Å². The highest BCUT2D eigenvalue weighted by molar-refractivity contribution is 5.50. The summed E-state index contributed by atoms with van der Waals surface area (Å²) in [6.07, 6.45) is 7.48. The van der Waals surface area contributed by atoms with Gasteiger partial charge in [0.2, 0.25) is 0 Å². The van der Waals surface area contributed by atoms with E-state index in [0.717, 1.165) is 55.5 Å². The first kappa shape index (κ1) is 20.8. The lowest BCUT2D eigenvalue weighted by molar-refractivity contribution is -0.175. The molecule has 5 rings (SSSR count). The number of para-hydroxylation sites is 1. The first-order valence-electron chi connectivity index (χ1n) is 11.7. The summed E-state index contributed by atoms with van der Waals surface area (Å²) in [5.74, 6) is 3.18. The smallest absolute Gasteiger partial charge is 0.167 e. The average Bonchev–Trinajstić information content (AvgIpc) is 3.15. The minimum atomic E-state index is -0.289. The van der Waals surface area contributed by atoms with E-state index in [1.807, 2.05) is 25.4 Å². The molecule has 2 atom stereocenters. The molecule has 1 spiro atoms. The molecule has 0 bridgehead atoms. The van der Waals surface area contributed by atoms with Crippen LogP contribution in [0.15, 0.2) is 30.6 Å². The summed E-state index contributed by atoms with van der Waals surface area (Å²) in [7, 11) is 2.07. The SMILES string of the molecule is CCOc1cccc2c1OC(C)(C)[C@H]1CC3(CCN(Cc4nccn4C)CC3)CO[C@H]21. The van der Waals surface area contributed by atoms with Crippen molar-refractivity contribution in [2.75, 3.05) is 26.3 Å². The Hall–Kier alpha value is -2.05. The molecule has 2 aromatic rings. The minimum Gasteiger partial charge on any atom is -0.490 e. The summed E-state index contributed by atoms with van der Waals surface area (Å²) < 4.78 is 21.2. The highest BCUT2D eigenvalue weighted by Crippen LogP contribution is 2.57. The molecule has 1 aromatic carbocycles. The third kappa shape index (κ3) is 3.74. The lowest BCUT2D eigenvalue weighted by atomic mass is 9.64. The number of aromatic nitrogens is 2. The predicted molar refractivity (Wildman–Crippen MR) is 119 cm³/mol. The molecule has 2 saturated heterocycles. The van der Waals surface area contributed by atoms with Gasteiger partial charge in [-0.3, -0.25) is 4.90 Å². The molecule has 6 heteroatoms. The molecular weight excluding hydrogens is 390 g/mol. The number of ether oxygens (including phenoxy) is 3. The van der Waals surface area contributed by atoms with Crippen molar-refractivity contribution in [2.24, 2.45) is 18.4 Å². The van der Waals surface area contributed by atoms with Gasteiger partial charge in [0, 0.05) is 30.9 Å². The van der Waals surface area contributed by atoms with Gasteiger partial charge in [0.25, 0.3) is 0 Å². The van der Waals surface area contributed by atoms with Gasteiger partial charge in [0.05, 0.1) is 25.9 Å². The summed E-state index contributed by atoms with van der Waals surface area (Å²) in [6.45, 7) is 11.0. The molecule has 2 fully saturated rings. The van der Waals surface area contributed by atoms with Gasteiger partial charge in [-0.05, 0) is 64.6 Å². The number of hydrogen-bond donors (Lipinski definition) is 0. The maximum Gasteiger partial charge on any atom is 0.167 e. The number of aryl methyl sites for hydroxylation is 1. The number of likely N-dealkylation sites (tertiary alicyclic amines) is 1. The Morgan fingerprint density at radius 1 is 1.23 bits per heavy atom. The largest absolute Gasteiger partial charge is 0.490 e. The van der Waals surface area contributed by atoms with Crippen LogP contribution in [0.2, 0.25) is 0 Å². The van der Waals surface area contributed by atoms with Crippen LogP contribution < -0.4 is 9.47 Å². The number of nitrogens with zero attached hydrogens (tertiary/aromatic N) is 3. The Labute approximate surface area is 185 Å². The zero-order valence-electron chi connectivity index (χ0n) is 19.3. The topological polar surface area (TPSA) is 48.8 Å². The second kappa shape index (κ2) is 7.82. The van der Waals surface area contributed by atoms with Crippen LogP contribution in [-0.4, -0.2) is 46.4 Å². The molecule has 31 heavy (non-hydrogen) atoms. The third-order valence-corrected chi connectivity index (χ3v) is 7.66. The summed E-state index contributed by atoms with van der Waals surface area (Å²) in [5.41, 5.74) is 1.11. The summed E-state index contributed by atoms with van der Waals surface area (Å²) in [5, 5.41) is 0. The van der Waals surface area contributed by atoms with Gasteiger partial charge in [-0.25, -0.2) is 4.98 Å². The van der Waals surface area contributed by atoms with Crippen molar-refractivity contribution in [3.8, 4) is 11.5 Å². The molecule has 0 radical (unpaired) electrons. The summed E-state index contributed by atoms with van der Waals surface area (Å²) >= 11 is 0. The van der Waals surface area contributed by atoms with Gasteiger partial charge in [-0.15, -0.1) is 0 Å². The van der Waals surface area contributed by atoms with Gasteiger partial charge in [-0.2, -0.15) is 0 Å². The first-order chi connectivity index (χ1) is 14.9. The van der Waals surface area contributed by atoms with Crippen molar-refractivity contribution >= 4 is 0 Å². The molecule has 0 N–H and O–H groups in total. The zero-order valence-corrected chi connectivity index (χ0v) is 19.3. The highest BCUT2D eigenvalue weighted by Gasteiger charge is 2.53. The lowest BCUT2D eigenvalue weighted by Gasteiger charge is -2.54. The van der Waals surface area contributed by atoms with Gasteiger partial charge in [-0.1, -0.05) is 12.1 Å². The number of benzene rings is 1. The molecule has 0 aliphatic carbocycles. The maximum atomic E-state index is 6.66. The van der Waals surface area contributed by atoms with Gasteiger partial charge in [0.15, 0.2) is 11.5 Å². The first-order valence-corrected chi connectivity index (χ1v) is 11.7. The Bertz CT molecular complexity index is 930. The van der Waals surface area contributed by atoms with Crippen molar-refractivity contribution in [3.05, 3.63) is 42.0 Å². The molecule has 3 aliphatic heterocycles. The van der Waals surface area contributed by atoms with E-state index in [1.54, 1.807) is 0 Å². The fourth-order valence-electron chi connectivity index (χ4n) is 5.69. The van der Waals surface area contributed by atoms with E-state index in [9.17, 15) is 0 Å². The monoisotopic (exact) mass is 425 g/mol. The van der Waals surface area contributed by atoms with Gasteiger partial charge < -0.3 is 18.8 Å². The third-order valence-electron chi connectivity index (χ3n) is 7.66. The maximum absolute atomic E-state index is 6.66. The molecule has 1 aromatic heterocycles. The summed E-state index contributed by atoms with van der Waals surface area (Å²) in [4.78, 5) is 7.03. The van der Waals surface area contributed by atoms with Crippen molar-refractivity contribution in [3.63, 3.8) is 0 Å². The van der Waals surface area contributed by atoms with Crippen molar-refractivity contribution in [2.45, 2.75) is 58.3 Å². The highest BCUT2D eigenvalue weighted by atomic mass is 16.5. The second-order valence-corrected chi connectivity index (χ2v) is 10.1. The summed E-state index contributed by atoms with van der Waals surface area (Å²) in [6, 6.07) is 6.21. The molecule has 3 aliphatic rings. The van der Waals surface area contributed by atoms with Crippen molar-refractivity contribution in [1.82, 2.24) is 14.5 Å².